The van der Waals surface area contributed by atoms with E-state index in [1.165, 1.54) is 0 Å². The van der Waals surface area contributed by atoms with Crippen molar-refractivity contribution in [3.63, 3.8) is 0 Å². The summed E-state index contributed by atoms with van der Waals surface area (Å²) < 4.78 is 5.18. The Morgan fingerprint density at radius 2 is 2.04 bits per heavy atom. The number of nitrogens with zero attached hydrogens (tertiary/aromatic N) is 1. The molecule has 2 aromatic rings. The smallest absolute Gasteiger partial charge is 0.252 e. The number of thioether (sulfide) groups is 1. The van der Waals surface area contributed by atoms with Crippen molar-refractivity contribution in [1.29, 1.82) is 0 Å². The largest absolute Gasteiger partial charge is 0.361 e. The zero-order valence-corrected chi connectivity index (χ0v) is 15.6. The van der Waals surface area contributed by atoms with Crippen molar-refractivity contribution in [1.82, 2.24) is 10.5 Å². The topological polar surface area (TPSA) is 81.2 Å². The van der Waals surface area contributed by atoms with Crippen LogP contribution in [0.2, 0.25) is 0 Å². The lowest BCUT2D eigenvalue weighted by Gasteiger charge is -2.10. The van der Waals surface area contributed by atoms with Crippen molar-refractivity contribution in [3.8, 4) is 0 Å². The van der Waals surface area contributed by atoms with Crippen LogP contribution in [-0.2, 0) is 5.75 Å². The third kappa shape index (κ3) is 5.54. The van der Waals surface area contributed by atoms with E-state index in [9.17, 15) is 4.79 Å². The van der Waals surface area contributed by atoms with E-state index in [2.05, 4.69) is 10.5 Å². The van der Waals surface area contributed by atoms with Crippen LogP contribution in [0.1, 0.15) is 40.2 Å². The number of unbranched alkanes of at least 4 members (excludes halogenated alkanes) is 1. The van der Waals surface area contributed by atoms with Crippen molar-refractivity contribution >= 4 is 30.1 Å². The van der Waals surface area contributed by atoms with Gasteiger partial charge in [0.15, 0.2) is 0 Å². The summed E-state index contributed by atoms with van der Waals surface area (Å²) in [7, 11) is 0. The number of aromatic nitrogens is 1. The van der Waals surface area contributed by atoms with Gasteiger partial charge in [0.05, 0.1) is 11.3 Å². The van der Waals surface area contributed by atoms with Crippen LogP contribution in [0.4, 0.5) is 0 Å². The summed E-state index contributed by atoms with van der Waals surface area (Å²) >= 11 is 1.62. The predicted molar refractivity (Wildman–Crippen MR) is 99.8 cm³/mol. The molecule has 0 aliphatic heterocycles. The Morgan fingerprint density at radius 1 is 1.29 bits per heavy atom. The number of benzene rings is 1. The number of rotatable bonds is 8. The van der Waals surface area contributed by atoms with E-state index in [4.69, 9.17) is 10.3 Å². The number of nitrogens with one attached hydrogen (secondary N) is 1. The molecule has 1 heterocycles. The van der Waals surface area contributed by atoms with Gasteiger partial charge in [-0.05, 0) is 45.4 Å². The molecule has 5 nitrogen and oxygen atoms in total. The lowest BCUT2D eigenvalue weighted by atomic mass is 10.2. The zero-order chi connectivity index (χ0) is 16.7. The van der Waals surface area contributed by atoms with Gasteiger partial charge in [0.2, 0.25) is 0 Å². The molecule has 24 heavy (non-hydrogen) atoms. The Morgan fingerprint density at radius 3 is 2.71 bits per heavy atom. The maximum atomic E-state index is 12.3. The first-order valence-corrected chi connectivity index (χ1v) is 8.74. The third-order valence-corrected chi connectivity index (χ3v) is 4.70. The molecule has 2 rings (SSSR count). The molecule has 1 amide bonds. The summed E-state index contributed by atoms with van der Waals surface area (Å²) in [6.07, 6.45) is 1.82. The van der Waals surface area contributed by atoms with E-state index in [-0.39, 0.29) is 18.3 Å². The average Bonchev–Trinajstić information content (AvgIpc) is 2.88. The highest BCUT2D eigenvalue weighted by atomic mass is 35.5. The van der Waals surface area contributed by atoms with Gasteiger partial charge in [-0.3, -0.25) is 4.79 Å². The molecule has 0 aliphatic carbocycles. The van der Waals surface area contributed by atoms with E-state index in [0.717, 1.165) is 40.5 Å². The summed E-state index contributed by atoms with van der Waals surface area (Å²) in [6, 6.07) is 7.65. The van der Waals surface area contributed by atoms with Crippen molar-refractivity contribution < 1.29 is 9.32 Å². The lowest BCUT2D eigenvalue weighted by Crippen LogP contribution is -2.25. The first kappa shape index (κ1) is 20.5. The summed E-state index contributed by atoms with van der Waals surface area (Å²) in [5, 5.41) is 6.92. The number of halogens is 1. The minimum Gasteiger partial charge on any atom is -0.361 e. The Balaban J connectivity index is 0.00000288. The van der Waals surface area contributed by atoms with Crippen LogP contribution in [0.5, 0.6) is 0 Å². The van der Waals surface area contributed by atoms with Crippen LogP contribution in [0.25, 0.3) is 0 Å². The Bertz CT molecular complexity index is 642. The monoisotopic (exact) mass is 369 g/mol. The summed E-state index contributed by atoms with van der Waals surface area (Å²) in [4.78, 5) is 13.3. The molecule has 0 unspecified atom stereocenters. The van der Waals surface area contributed by atoms with Crippen molar-refractivity contribution in [2.75, 3.05) is 13.1 Å². The fourth-order valence-corrected chi connectivity index (χ4v) is 3.41. The molecule has 3 N–H and O–H groups in total. The second kappa shape index (κ2) is 10.4. The van der Waals surface area contributed by atoms with Crippen LogP contribution in [0.15, 0.2) is 33.7 Å². The molecule has 1 aromatic carbocycles. The normalized spacial score (nSPS) is 10.3. The van der Waals surface area contributed by atoms with Crippen LogP contribution in [0.3, 0.4) is 0 Å². The second-order valence-electron chi connectivity index (χ2n) is 5.34. The van der Waals surface area contributed by atoms with Gasteiger partial charge in [-0.25, -0.2) is 0 Å². The molecule has 0 bridgehead atoms. The first-order chi connectivity index (χ1) is 11.1. The van der Waals surface area contributed by atoms with Crippen molar-refractivity contribution in [2.45, 2.75) is 37.3 Å². The number of nitrogens with two attached hydrogens (primary N) is 1. The predicted octanol–water partition coefficient (Wildman–Crippen LogP) is 3.47. The fourth-order valence-electron chi connectivity index (χ4n) is 2.20. The number of carbonyl (C=O) groups is 1. The summed E-state index contributed by atoms with van der Waals surface area (Å²) in [5.41, 5.74) is 8.16. The van der Waals surface area contributed by atoms with Gasteiger partial charge in [0.25, 0.3) is 5.91 Å². The number of carbonyl (C=O) groups excluding carboxylic acids is 1. The highest BCUT2D eigenvalue weighted by Crippen LogP contribution is 2.28. The molecule has 0 fully saturated rings. The third-order valence-electron chi connectivity index (χ3n) is 3.60. The molecule has 1 aromatic heterocycles. The highest BCUT2D eigenvalue weighted by Gasteiger charge is 2.14. The van der Waals surface area contributed by atoms with Gasteiger partial charge in [0.1, 0.15) is 5.76 Å². The van der Waals surface area contributed by atoms with E-state index in [0.29, 0.717) is 18.7 Å². The van der Waals surface area contributed by atoms with Gasteiger partial charge >= 0.3 is 0 Å². The standard InChI is InChI=1S/C17H23N3O2S.ClH/c1-12-15(13(2)22-20-12)11-23-16-8-4-3-7-14(16)17(21)19-10-6-5-9-18;/h3-4,7-8H,5-6,9-11,18H2,1-2H3,(H,19,21);1H. The molecular formula is C17H24ClN3O2S. The molecule has 0 radical (unpaired) electrons. The Hall–Kier alpha value is -1.50. The van der Waals surface area contributed by atoms with Gasteiger partial charge in [-0.15, -0.1) is 24.2 Å². The van der Waals surface area contributed by atoms with Gasteiger partial charge in [0, 0.05) is 22.8 Å². The minimum absolute atomic E-state index is 0. The molecule has 0 saturated carbocycles. The molecule has 7 heteroatoms. The van der Waals surface area contributed by atoms with Crippen LogP contribution >= 0.6 is 24.2 Å². The van der Waals surface area contributed by atoms with Crippen LogP contribution in [-0.4, -0.2) is 24.2 Å². The maximum Gasteiger partial charge on any atom is 0.252 e. The lowest BCUT2D eigenvalue weighted by molar-refractivity contribution is 0.0950. The van der Waals surface area contributed by atoms with E-state index >= 15 is 0 Å². The van der Waals surface area contributed by atoms with Gasteiger partial charge in [-0.2, -0.15) is 0 Å². The average molecular weight is 370 g/mol. The van der Waals surface area contributed by atoms with E-state index in [1.807, 2.05) is 38.1 Å². The number of hydrogen-bond donors (Lipinski definition) is 2. The SMILES string of the molecule is Cc1noc(C)c1CSc1ccccc1C(=O)NCCCCN.Cl. The van der Waals surface area contributed by atoms with Crippen LogP contribution < -0.4 is 11.1 Å². The number of hydrogen-bond acceptors (Lipinski definition) is 5. The summed E-state index contributed by atoms with van der Waals surface area (Å²) in [5.74, 6) is 1.53. The number of amides is 1. The molecular weight excluding hydrogens is 346 g/mol. The molecule has 0 aliphatic rings. The van der Waals surface area contributed by atoms with E-state index in [1.54, 1.807) is 11.8 Å². The quantitative estimate of drug-likeness (QED) is 0.550. The fraction of sp³-hybridized carbons (Fsp3) is 0.412. The summed E-state index contributed by atoms with van der Waals surface area (Å²) in [6.45, 7) is 5.15. The minimum atomic E-state index is -0.0381. The second-order valence-corrected chi connectivity index (χ2v) is 6.36. The molecule has 132 valence electrons. The van der Waals surface area contributed by atoms with Gasteiger partial charge in [-0.1, -0.05) is 17.3 Å². The Labute approximate surface area is 153 Å². The first-order valence-electron chi connectivity index (χ1n) is 7.75. The molecule has 0 saturated heterocycles. The van der Waals surface area contributed by atoms with Crippen LogP contribution in [0, 0.1) is 13.8 Å². The zero-order valence-electron chi connectivity index (χ0n) is 14.0. The van der Waals surface area contributed by atoms with Gasteiger partial charge < -0.3 is 15.6 Å². The van der Waals surface area contributed by atoms with Crippen molar-refractivity contribution in [3.05, 3.63) is 46.8 Å². The highest BCUT2D eigenvalue weighted by molar-refractivity contribution is 7.98. The maximum absolute atomic E-state index is 12.3. The van der Waals surface area contributed by atoms with E-state index < -0.39 is 0 Å². The van der Waals surface area contributed by atoms with Crippen molar-refractivity contribution in [2.24, 2.45) is 5.73 Å². The Kier molecular flexibility index (Phi) is 8.89. The number of aryl methyl sites for hydroxylation is 2. The molecule has 0 atom stereocenters. The molecule has 0 spiro atoms.